The minimum atomic E-state index is -0.489. The van der Waals surface area contributed by atoms with Crippen LogP contribution in [0.4, 0.5) is 0 Å². The second-order valence-corrected chi connectivity index (χ2v) is 4.76. The van der Waals surface area contributed by atoms with Crippen molar-refractivity contribution in [3.63, 3.8) is 0 Å². The van der Waals surface area contributed by atoms with E-state index >= 15 is 0 Å². The zero-order chi connectivity index (χ0) is 16.5. The van der Waals surface area contributed by atoms with Crippen molar-refractivity contribution in [2.24, 2.45) is 0 Å². The highest BCUT2D eigenvalue weighted by Crippen LogP contribution is 2.37. The van der Waals surface area contributed by atoms with Gasteiger partial charge in [0.25, 0.3) is 0 Å². The van der Waals surface area contributed by atoms with Gasteiger partial charge in [0.1, 0.15) is 17.7 Å². The van der Waals surface area contributed by atoms with Crippen molar-refractivity contribution in [3.8, 4) is 23.6 Å². The van der Waals surface area contributed by atoms with E-state index in [0.717, 1.165) is 0 Å². The fraction of sp³-hybridized carbons (Fsp3) is 0.267. The molecular weight excluding hydrogens is 352 g/mol. The van der Waals surface area contributed by atoms with Crippen LogP contribution in [0.15, 0.2) is 22.2 Å². The normalized spacial score (nSPS) is 9.14. The lowest BCUT2D eigenvalue weighted by molar-refractivity contribution is -0.145. The number of hydrogen-bond donors (Lipinski definition) is 0. The first-order valence-corrected chi connectivity index (χ1v) is 7.02. The van der Waals surface area contributed by atoms with Crippen LogP contribution in [0.5, 0.6) is 11.5 Å². The van der Waals surface area contributed by atoms with Crippen molar-refractivity contribution in [2.75, 3.05) is 20.3 Å². The van der Waals surface area contributed by atoms with Gasteiger partial charge >= 0.3 is 5.97 Å². The molecule has 0 saturated heterocycles. The second-order valence-electron chi connectivity index (χ2n) is 3.91. The summed E-state index contributed by atoms with van der Waals surface area (Å²) in [5, 5.41) is 17.5. The summed E-state index contributed by atoms with van der Waals surface area (Å²) in [5.74, 6) is 0.208. The summed E-state index contributed by atoms with van der Waals surface area (Å²) < 4.78 is 15.9. The standard InChI is InChI=1S/C15H13BrN2O4/c1-3-21-14(19)9-22-15-12(16)5-10(6-13(15)20-2)4-11(7-17)8-18/h4-6H,3,9H2,1-2H3. The first-order chi connectivity index (χ1) is 10.5. The van der Waals surface area contributed by atoms with Crippen LogP contribution < -0.4 is 9.47 Å². The van der Waals surface area contributed by atoms with Crippen LogP contribution in [-0.2, 0) is 9.53 Å². The van der Waals surface area contributed by atoms with Crippen molar-refractivity contribution in [3.05, 3.63) is 27.7 Å². The molecule has 0 fully saturated rings. The average molecular weight is 365 g/mol. The molecule has 7 heteroatoms. The van der Waals surface area contributed by atoms with E-state index in [1.54, 1.807) is 31.2 Å². The van der Waals surface area contributed by atoms with Crippen LogP contribution in [0.25, 0.3) is 6.08 Å². The van der Waals surface area contributed by atoms with Crippen LogP contribution in [0, 0.1) is 22.7 Å². The van der Waals surface area contributed by atoms with Gasteiger partial charge < -0.3 is 14.2 Å². The Hall–Kier alpha value is -2.51. The van der Waals surface area contributed by atoms with Crippen LogP contribution in [0.2, 0.25) is 0 Å². The number of nitrogens with zero attached hydrogens (tertiary/aromatic N) is 2. The van der Waals surface area contributed by atoms with E-state index in [0.29, 0.717) is 21.5 Å². The highest BCUT2D eigenvalue weighted by atomic mass is 79.9. The lowest BCUT2D eigenvalue weighted by Gasteiger charge is -2.13. The number of esters is 1. The lowest BCUT2D eigenvalue weighted by atomic mass is 10.1. The Morgan fingerprint density at radius 1 is 1.36 bits per heavy atom. The zero-order valence-corrected chi connectivity index (χ0v) is 13.6. The van der Waals surface area contributed by atoms with Crippen molar-refractivity contribution in [1.82, 2.24) is 0 Å². The van der Waals surface area contributed by atoms with Crippen LogP contribution in [-0.4, -0.2) is 26.3 Å². The molecule has 0 saturated carbocycles. The van der Waals surface area contributed by atoms with Gasteiger partial charge in [-0.25, -0.2) is 4.79 Å². The second kappa shape index (κ2) is 8.71. The van der Waals surface area contributed by atoms with Crippen molar-refractivity contribution in [2.45, 2.75) is 6.92 Å². The maximum atomic E-state index is 11.3. The molecule has 0 aliphatic heterocycles. The number of rotatable bonds is 6. The van der Waals surface area contributed by atoms with E-state index in [1.807, 2.05) is 0 Å². The van der Waals surface area contributed by atoms with E-state index in [4.69, 9.17) is 24.7 Å². The Labute approximate surface area is 136 Å². The van der Waals surface area contributed by atoms with Gasteiger partial charge in [-0.05, 0) is 46.6 Å². The van der Waals surface area contributed by atoms with E-state index in [2.05, 4.69) is 15.9 Å². The van der Waals surface area contributed by atoms with Crippen molar-refractivity contribution in [1.29, 1.82) is 10.5 Å². The number of carbonyl (C=O) groups is 1. The predicted octanol–water partition coefficient (Wildman–Crippen LogP) is 2.83. The summed E-state index contributed by atoms with van der Waals surface area (Å²) in [6, 6.07) is 6.80. The zero-order valence-electron chi connectivity index (χ0n) is 12.1. The number of halogens is 1. The highest BCUT2D eigenvalue weighted by molar-refractivity contribution is 9.10. The molecule has 0 aliphatic carbocycles. The molecule has 6 nitrogen and oxygen atoms in total. The quantitative estimate of drug-likeness (QED) is 0.569. The molecule has 0 bridgehead atoms. The molecule has 22 heavy (non-hydrogen) atoms. The third-order valence-electron chi connectivity index (χ3n) is 2.44. The average Bonchev–Trinajstić information content (AvgIpc) is 2.51. The Kier molecular flexibility index (Phi) is 6.94. The molecule has 114 valence electrons. The van der Waals surface area contributed by atoms with Crippen LogP contribution in [0.3, 0.4) is 0 Å². The Morgan fingerprint density at radius 2 is 2.05 bits per heavy atom. The molecule has 0 aliphatic rings. The highest BCUT2D eigenvalue weighted by Gasteiger charge is 2.13. The first kappa shape index (κ1) is 17.5. The number of allylic oxidation sites excluding steroid dienone is 1. The molecule has 0 aromatic heterocycles. The van der Waals surface area contributed by atoms with E-state index < -0.39 is 5.97 Å². The minimum Gasteiger partial charge on any atom is -0.493 e. The summed E-state index contributed by atoms with van der Waals surface area (Å²) >= 11 is 3.31. The van der Waals surface area contributed by atoms with Gasteiger partial charge in [0, 0.05) is 0 Å². The van der Waals surface area contributed by atoms with E-state index in [9.17, 15) is 4.79 Å². The van der Waals surface area contributed by atoms with Crippen molar-refractivity contribution >= 4 is 28.0 Å². The van der Waals surface area contributed by atoms with Gasteiger partial charge in [-0.15, -0.1) is 0 Å². The van der Waals surface area contributed by atoms with Gasteiger partial charge in [-0.1, -0.05) is 0 Å². The molecule has 0 unspecified atom stereocenters. The van der Waals surface area contributed by atoms with E-state index in [-0.39, 0.29) is 18.8 Å². The number of nitriles is 2. The summed E-state index contributed by atoms with van der Waals surface area (Å²) in [5.41, 5.74) is 0.555. The third-order valence-corrected chi connectivity index (χ3v) is 3.03. The molecular formula is C15H13BrN2O4. The summed E-state index contributed by atoms with van der Waals surface area (Å²) in [6.45, 7) is 1.73. The maximum absolute atomic E-state index is 11.3. The number of carbonyl (C=O) groups excluding carboxylic acids is 1. The van der Waals surface area contributed by atoms with Gasteiger partial charge in [-0.2, -0.15) is 10.5 Å². The molecule has 0 heterocycles. The summed E-state index contributed by atoms with van der Waals surface area (Å²) in [7, 11) is 1.45. The molecule has 0 N–H and O–H groups in total. The Morgan fingerprint density at radius 3 is 2.59 bits per heavy atom. The summed E-state index contributed by atoms with van der Waals surface area (Å²) in [4.78, 5) is 11.3. The summed E-state index contributed by atoms with van der Waals surface area (Å²) in [6.07, 6.45) is 1.42. The molecule has 1 aromatic rings. The predicted molar refractivity (Wildman–Crippen MR) is 82.0 cm³/mol. The lowest BCUT2D eigenvalue weighted by Crippen LogP contribution is -2.15. The number of hydrogen-bond acceptors (Lipinski definition) is 6. The molecule has 0 amide bonds. The number of methoxy groups -OCH3 is 1. The number of benzene rings is 1. The fourth-order valence-electron chi connectivity index (χ4n) is 1.55. The van der Waals surface area contributed by atoms with Crippen LogP contribution >= 0.6 is 15.9 Å². The van der Waals surface area contributed by atoms with E-state index in [1.165, 1.54) is 13.2 Å². The molecule has 0 spiro atoms. The molecule has 0 atom stereocenters. The van der Waals surface area contributed by atoms with Gasteiger partial charge in [0.05, 0.1) is 18.2 Å². The third kappa shape index (κ3) is 4.80. The van der Waals surface area contributed by atoms with Crippen LogP contribution in [0.1, 0.15) is 12.5 Å². The monoisotopic (exact) mass is 364 g/mol. The maximum Gasteiger partial charge on any atom is 0.344 e. The Bertz CT molecular complexity index is 655. The SMILES string of the molecule is CCOC(=O)COc1c(Br)cc(C=C(C#N)C#N)cc1OC. The van der Waals surface area contributed by atoms with Gasteiger partial charge in [0.2, 0.25) is 0 Å². The smallest absolute Gasteiger partial charge is 0.344 e. The Balaban J connectivity index is 3.07. The molecule has 0 radical (unpaired) electrons. The molecule has 1 rings (SSSR count). The first-order valence-electron chi connectivity index (χ1n) is 6.23. The topological polar surface area (TPSA) is 92.3 Å². The minimum absolute atomic E-state index is 0.0332. The van der Waals surface area contributed by atoms with Gasteiger partial charge in [0.15, 0.2) is 18.1 Å². The fourth-order valence-corrected chi connectivity index (χ4v) is 2.13. The number of ether oxygens (including phenoxy) is 3. The van der Waals surface area contributed by atoms with Crippen molar-refractivity contribution < 1.29 is 19.0 Å². The molecule has 1 aromatic carbocycles. The largest absolute Gasteiger partial charge is 0.493 e. The van der Waals surface area contributed by atoms with Gasteiger partial charge in [-0.3, -0.25) is 0 Å².